The Labute approximate surface area is 132 Å². The monoisotopic (exact) mass is 311 g/mol. The first-order valence-corrected chi connectivity index (χ1v) is 6.96. The van der Waals surface area contributed by atoms with Gasteiger partial charge >= 0.3 is 6.03 Å². The van der Waals surface area contributed by atoms with Crippen LogP contribution in [0.1, 0.15) is 0 Å². The number of hydrogen-bond acceptors (Lipinski definition) is 3. The zero-order valence-electron chi connectivity index (χ0n) is 12.3. The number of carbonyl (C=O) groups excluding carboxylic acids is 1. The summed E-state index contributed by atoms with van der Waals surface area (Å²) in [7, 11) is 1.54. The van der Waals surface area contributed by atoms with E-state index >= 15 is 0 Å². The second-order valence-corrected chi connectivity index (χ2v) is 4.80. The second kappa shape index (κ2) is 6.31. The number of fused-ring (bicyclic) bond motifs is 1. The van der Waals surface area contributed by atoms with Crippen LogP contribution in [0.2, 0.25) is 0 Å². The van der Waals surface area contributed by atoms with Crippen molar-refractivity contribution in [1.29, 1.82) is 0 Å². The van der Waals surface area contributed by atoms with Gasteiger partial charge in [0.05, 0.1) is 5.69 Å². The number of urea groups is 1. The first kappa shape index (κ1) is 14.8. The fraction of sp³-hybridized carbons (Fsp3) is 0.0588. The fourth-order valence-electron chi connectivity index (χ4n) is 2.20. The Kier molecular flexibility index (Phi) is 4.05. The van der Waals surface area contributed by atoms with Crippen molar-refractivity contribution in [2.75, 3.05) is 12.4 Å². The number of anilines is 1. The summed E-state index contributed by atoms with van der Waals surface area (Å²) in [5, 5.41) is 6.71. The lowest BCUT2D eigenvalue weighted by molar-refractivity contribution is 0.254. The molecule has 2 amide bonds. The van der Waals surface area contributed by atoms with Gasteiger partial charge in [0.1, 0.15) is 17.3 Å². The number of amides is 2. The Morgan fingerprint density at radius 1 is 1.17 bits per heavy atom. The standard InChI is InChI=1S/C17H14FN3O2/c1-19-17(22)21-15-5-6-16(13-7-8-20-10-14(13)15)23-12-4-2-3-11(18)9-12/h2-10H,1H3,(H2,19,21,22). The fourth-order valence-corrected chi connectivity index (χ4v) is 2.20. The lowest BCUT2D eigenvalue weighted by Crippen LogP contribution is -2.24. The number of hydrogen-bond donors (Lipinski definition) is 2. The number of carbonyl (C=O) groups is 1. The van der Waals surface area contributed by atoms with Crippen LogP contribution >= 0.6 is 0 Å². The van der Waals surface area contributed by atoms with Gasteiger partial charge in [0, 0.05) is 36.3 Å². The van der Waals surface area contributed by atoms with Crippen LogP contribution in [0.5, 0.6) is 11.5 Å². The van der Waals surface area contributed by atoms with Crippen molar-refractivity contribution in [1.82, 2.24) is 10.3 Å². The summed E-state index contributed by atoms with van der Waals surface area (Å²) in [6.45, 7) is 0. The van der Waals surface area contributed by atoms with Crippen molar-refractivity contribution in [3.05, 3.63) is 60.7 Å². The predicted molar refractivity (Wildman–Crippen MR) is 86.3 cm³/mol. The van der Waals surface area contributed by atoms with E-state index in [9.17, 15) is 9.18 Å². The Hall–Kier alpha value is -3.15. The molecule has 0 spiro atoms. The van der Waals surface area contributed by atoms with E-state index in [0.29, 0.717) is 17.2 Å². The van der Waals surface area contributed by atoms with Crippen LogP contribution in [0.4, 0.5) is 14.9 Å². The van der Waals surface area contributed by atoms with Crippen LogP contribution in [0.25, 0.3) is 10.8 Å². The summed E-state index contributed by atoms with van der Waals surface area (Å²) >= 11 is 0. The van der Waals surface area contributed by atoms with Crippen molar-refractivity contribution in [2.45, 2.75) is 0 Å². The van der Waals surface area contributed by atoms with E-state index in [0.717, 1.165) is 10.8 Å². The highest BCUT2D eigenvalue weighted by Crippen LogP contribution is 2.34. The molecule has 6 heteroatoms. The average Bonchev–Trinajstić information content (AvgIpc) is 2.57. The molecule has 0 bridgehead atoms. The molecule has 0 radical (unpaired) electrons. The Morgan fingerprint density at radius 2 is 2.04 bits per heavy atom. The zero-order chi connectivity index (χ0) is 16.2. The third kappa shape index (κ3) is 3.21. The van der Waals surface area contributed by atoms with Crippen molar-refractivity contribution in [3.8, 4) is 11.5 Å². The minimum atomic E-state index is -0.369. The number of ether oxygens (including phenoxy) is 1. The summed E-state index contributed by atoms with van der Waals surface area (Å²) in [6, 6.07) is 10.8. The minimum Gasteiger partial charge on any atom is -0.457 e. The molecule has 3 rings (SSSR count). The van der Waals surface area contributed by atoms with Gasteiger partial charge in [-0.1, -0.05) is 6.07 Å². The van der Waals surface area contributed by atoms with Crippen molar-refractivity contribution in [3.63, 3.8) is 0 Å². The van der Waals surface area contributed by atoms with Gasteiger partial charge in [0.15, 0.2) is 0 Å². The first-order chi connectivity index (χ1) is 11.2. The smallest absolute Gasteiger partial charge is 0.318 e. The summed E-state index contributed by atoms with van der Waals surface area (Å²) in [5.74, 6) is 0.581. The highest BCUT2D eigenvalue weighted by Gasteiger charge is 2.10. The molecule has 23 heavy (non-hydrogen) atoms. The molecule has 3 aromatic rings. The van der Waals surface area contributed by atoms with Gasteiger partial charge in [-0.15, -0.1) is 0 Å². The maximum atomic E-state index is 13.3. The molecule has 0 atom stereocenters. The lowest BCUT2D eigenvalue weighted by Gasteiger charge is -2.12. The number of benzene rings is 2. The number of nitrogens with zero attached hydrogens (tertiary/aromatic N) is 1. The molecular weight excluding hydrogens is 297 g/mol. The topological polar surface area (TPSA) is 63.2 Å². The van der Waals surface area contributed by atoms with Gasteiger partial charge in [-0.05, 0) is 30.3 Å². The van der Waals surface area contributed by atoms with Crippen molar-refractivity contribution < 1.29 is 13.9 Å². The average molecular weight is 311 g/mol. The molecule has 0 aliphatic carbocycles. The normalized spacial score (nSPS) is 10.3. The molecule has 1 aromatic heterocycles. The number of aromatic nitrogens is 1. The maximum absolute atomic E-state index is 13.3. The molecule has 1 heterocycles. The number of halogens is 1. The maximum Gasteiger partial charge on any atom is 0.318 e. The van der Waals surface area contributed by atoms with Gasteiger partial charge < -0.3 is 15.4 Å². The molecule has 0 saturated carbocycles. The number of pyridine rings is 1. The third-order valence-corrected chi connectivity index (χ3v) is 3.28. The SMILES string of the molecule is CNC(=O)Nc1ccc(Oc2cccc(F)c2)c2ccncc12. The Bertz CT molecular complexity index is 867. The van der Waals surface area contributed by atoms with Gasteiger partial charge in [-0.3, -0.25) is 4.98 Å². The third-order valence-electron chi connectivity index (χ3n) is 3.28. The summed E-state index contributed by atoms with van der Waals surface area (Å²) in [4.78, 5) is 15.6. The van der Waals surface area contributed by atoms with Gasteiger partial charge in [-0.25, -0.2) is 9.18 Å². The molecule has 0 unspecified atom stereocenters. The zero-order valence-corrected chi connectivity index (χ0v) is 12.3. The van der Waals surface area contributed by atoms with E-state index in [4.69, 9.17) is 4.74 Å². The summed E-state index contributed by atoms with van der Waals surface area (Å²) in [5.41, 5.74) is 0.610. The van der Waals surface area contributed by atoms with E-state index in [-0.39, 0.29) is 11.8 Å². The van der Waals surface area contributed by atoms with Crippen LogP contribution in [-0.4, -0.2) is 18.1 Å². The minimum absolute atomic E-state index is 0.325. The molecule has 0 saturated heterocycles. The molecule has 0 fully saturated rings. The van der Waals surface area contributed by atoms with Crippen LogP contribution in [0, 0.1) is 5.82 Å². The van der Waals surface area contributed by atoms with E-state index < -0.39 is 0 Å². The summed E-state index contributed by atoms with van der Waals surface area (Å²) in [6.07, 6.45) is 3.27. The Morgan fingerprint density at radius 3 is 2.83 bits per heavy atom. The van der Waals surface area contributed by atoms with Crippen LogP contribution < -0.4 is 15.4 Å². The molecule has 2 N–H and O–H groups in total. The van der Waals surface area contributed by atoms with E-state index in [1.165, 1.54) is 19.2 Å². The number of rotatable bonds is 3. The van der Waals surface area contributed by atoms with Crippen LogP contribution in [0.3, 0.4) is 0 Å². The van der Waals surface area contributed by atoms with Crippen LogP contribution in [-0.2, 0) is 0 Å². The van der Waals surface area contributed by atoms with E-state index in [1.54, 1.807) is 42.7 Å². The predicted octanol–water partition coefficient (Wildman–Crippen LogP) is 3.92. The van der Waals surface area contributed by atoms with E-state index in [2.05, 4.69) is 15.6 Å². The first-order valence-electron chi connectivity index (χ1n) is 6.96. The highest BCUT2D eigenvalue weighted by atomic mass is 19.1. The lowest BCUT2D eigenvalue weighted by atomic mass is 10.1. The van der Waals surface area contributed by atoms with E-state index in [1.807, 2.05) is 0 Å². The molecule has 5 nitrogen and oxygen atoms in total. The molecule has 0 aliphatic heterocycles. The van der Waals surface area contributed by atoms with Crippen LogP contribution in [0.15, 0.2) is 54.9 Å². The largest absolute Gasteiger partial charge is 0.457 e. The molecular formula is C17H14FN3O2. The summed E-state index contributed by atoms with van der Waals surface area (Å²) < 4.78 is 19.0. The number of nitrogens with one attached hydrogen (secondary N) is 2. The second-order valence-electron chi connectivity index (χ2n) is 4.80. The van der Waals surface area contributed by atoms with Crippen molar-refractivity contribution >= 4 is 22.5 Å². The van der Waals surface area contributed by atoms with Gasteiger partial charge in [0.2, 0.25) is 0 Å². The molecule has 0 aliphatic rings. The Balaban J connectivity index is 2.02. The van der Waals surface area contributed by atoms with Gasteiger partial charge in [-0.2, -0.15) is 0 Å². The highest BCUT2D eigenvalue weighted by molar-refractivity contribution is 6.03. The van der Waals surface area contributed by atoms with Crippen molar-refractivity contribution in [2.24, 2.45) is 0 Å². The van der Waals surface area contributed by atoms with Gasteiger partial charge in [0.25, 0.3) is 0 Å². The molecule has 2 aromatic carbocycles. The quantitative estimate of drug-likeness (QED) is 0.770. The molecule has 116 valence electrons.